The summed E-state index contributed by atoms with van der Waals surface area (Å²) in [5.41, 5.74) is 2.74. The lowest BCUT2D eigenvalue weighted by atomic mass is 10.0. The van der Waals surface area contributed by atoms with Gasteiger partial charge in [0, 0.05) is 51.2 Å². The Morgan fingerprint density at radius 3 is 2.18 bits per heavy atom. The van der Waals surface area contributed by atoms with Crippen LogP contribution < -0.4 is 10.6 Å². The molecule has 2 aliphatic rings. The average molecular weight is 495 g/mol. The van der Waals surface area contributed by atoms with Gasteiger partial charge in [-0.3, -0.25) is 10.2 Å². The molecule has 2 saturated heterocycles. The van der Waals surface area contributed by atoms with E-state index in [0.717, 1.165) is 42.7 Å². The van der Waals surface area contributed by atoms with Crippen LogP contribution >= 0.6 is 23.2 Å². The molecule has 2 aliphatic heterocycles. The summed E-state index contributed by atoms with van der Waals surface area (Å²) >= 11 is 12.3. The van der Waals surface area contributed by atoms with E-state index in [9.17, 15) is 4.79 Å². The summed E-state index contributed by atoms with van der Waals surface area (Å²) in [5, 5.41) is 16.0. The van der Waals surface area contributed by atoms with Crippen LogP contribution in [0.1, 0.15) is 34.3 Å². The van der Waals surface area contributed by atoms with Crippen molar-refractivity contribution in [2.24, 2.45) is 0 Å². The van der Waals surface area contributed by atoms with E-state index in [0.29, 0.717) is 33.7 Å². The monoisotopic (exact) mass is 494 g/mol. The van der Waals surface area contributed by atoms with Gasteiger partial charge in [-0.1, -0.05) is 35.3 Å². The maximum atomic E-state index is 13.0. The van der Waals surface area contributed by atoms with Crippen molar-refractivity contribution in [1.82, 2.24) is 4.90 Å². The highest BCUT2D eigenvalue weighted by Crippen LogP contribution is 2.44. The molecule has 1 amide bonds. The molecule has 2 fully saturated rings. The average Bonchev–Trinajstić information content (AvgIpc) is 3.41. The molecule has 0 bridgehead atoms. The molecular formula is C26H24Cl2N4O2. The Hall–Kier alpha value is -3.06. The second-order valence-electron chi connectivity index (χ2n) is 8.51. The number of amidine groups is 1. The van der Waals surface area contributed by atoms with Crippen molar-refractivity contribution in [2.45, 2.75) is 18.6 Å². The number of anilines is 2. The van der Waals surface area contributed by atoms with Gasteiger partial charge in [0.2, 0.25) is 0 Å². The highest BCUT2D eigenvalue weighted by molar-refractivity contribution is 6.31. The number of amides is 1. The van der Waals surface area contributed by atoms with Gasteiger partial charge in [0.1, 0.15) is 12.4 Å². The van der Waals surface area contributed by atoms with Gasteiger partial charge < -0.3 is 20.3 Å². The van der Waals surface area contributed by atoms with Crippen LogP contribution in [-0.4, -0.2) is 36.3 Å². The van der Waals surface area contributed by atoms with Gasteiger partial charge in [-0.05, 0) is 67.4 Å². The van der Waals surface area contributed by atoms with Gasteiger partial charge >= 0.3 is 0 Å². The molecule has 6 nitrogen and oxygen atoms in total. The quantitative estimate of drug-likeness (QED) is 0.224. The fourth-order valence-electron chi connectivity index (χ4n) is 4.19. The van der Waals surface area contributed by atoms with Crippen molar-refractivity contribution in [3.63, 3.8) is 0 Å². The predicted octanol–water partition coefficient (Wildman–Crippen LogP) is 5.96. The van der Waals surface area contributed by atoms with Crippen molar-refractivity contribution in [2.75, 3.05) is 30.3 Å². The number of epoxide rings is 1. The summed E-state index contributed by atoms with van der Waals surface area (Å²) in [4.78, 5) is 15.1. The highest BCUT2D eigenvalue weighted by Gasteiger charge is 2.48. The van der Waals surface area contributed by atoms with Crippen molar-refractivity contribution in [3.8, 4) is 0 Å². The van der Waals surface area contributed by atoms with Crippen molar-refractivity contribution in [1.29, 1.82) is 5.41 Å². The number of likely N-dealkylation sites (tertiary alicyclic amines) is 1. The molecule has 1 unspecified atom stereocenters. The molecule has 0 radical (unpaired) electrons. The number of hydrogen-bond acceptors (Lipinski definition) is 4. The Bertz CT molecular complexity index is 1220. The zero-order valence-corrected chi connectivity index (χ0v) is 19.9. The van der Waals surface area contributed by atoms with Crippen molar-refractivity contribution < 1.29 is 9.53 Å². The Balaban J connectivity index is 1.34. The fraction of sp³-hybridized carbons (Fsp3) is 0.231. The third-order valence-corrected chi connectivity index (χ3v) is 6.62. The minimum Gasteiger partial charge on any atom is -0.357 e. The zero-order chi connectivity index (χ0) is 23.7. The Morgan fingerprint density at radius 2 is 1.53 bits per heavy atom. The number of nitrogens with one attached hydrogen (secondary N) is 3. The number of nitrogens with zero attached hydrogens (tertiary/aromatic N) is 1. The first-order valence-corrected chi connectivity index (χ1v) is 11.9. The molecule has 1 atom stereocenters. The Kier molecular flexibility index (Phi) is 6.21. The molecule has 3 N–H and O–H groups in total. The Labute approximate surface area is 208 Å². The van der Waals surface area contributed by atoms with Crippen LogP contribution in [0.25, 0.3) is 0 Å². The summed E-state index contributed by atoms with van der Waals surface area (Å²) in [6.45, 7) is 2.26. The molecule has 0 aliphatic carbocycles. The molecule has 3 aromatic rings. The van der Waals surface area contributed by atoms with Crippen LogP contribution in [0.2, 0.25) is 10.0 Å². The minimum absolute atomic E-state index is 0.245. The van der Waals surface area contributed by atoms with E-state index in [1.807, 2.05) is 24.3 Å². The number of carbonyl (C=O) groups excluding carboxylic acids is 1. The first-order valence-electron chi connectivity index (χ1n) is 11.2. The minimum atomic E-state index is -0.782. The third kappa shape index (κ3) is 4.75. The smallest absolute Gasteiger partial charge is 0.255 e. The number of benzene rings is 3. The van der Waals surface area contributed by atoms with E-state index in [1.165, 1.54) is 0 Å². The van der Waals surface area contributed by atoms with E-state index in [1.54, 1.807) is 42.5 Å². The maximum absolute atomic E-state index is 13.0. The Morgan fingerprint density at radius 1 is 0.912 bits per heavy atom. The number of carbonyl (C=O) groups is 1. The lowest BCUT2D eigenvalue weighted by Crippen LogP contribution is -2.27. The second-order valence-corrected chi connectivity index (χ2v) is 9.38. The van der Waals surface area contributed by atoms with E-state index in [-0.39, 0.29) is 5.91 Å². The first-order chi connectivity index (χ1) is 16.4. The summed E-state index contributed by atoms with van der Waals surface area (Å²) in [5.74, 6) is 0.260. The van der Waals surface area contributed by atoms with Crippen LogP contribution in [0.15, 0.2) is 66.7 Å². The van der Waals surface area contributed by atoms with Gasteiger partial charge in [-0.25, -0.2) is 0 Å². The van der Waals surface area contributed by atoms with Gasteiger partial charge in [-0.2, -0.15) is 0 Å². The number of halogens is 2. The second kappa shape index (κ2) is 9.29. The molecule has 5 rings (SSSR count). The summed E-state index contributed by atoms with van der Waals surface area (Å²) in [7, 11) is 0. The molecule has 174 valence electrons. The van der Waals surface area contributed by atoms with Crippen LogP contribution in [0, 0.1) is 5.41 Å². The zero-order valence-electron chi connectivity index (χ0n) is 18.4. The van der Waals surface area contributed by atoms with Gasteiger partial charge in [-0.15, -0.1) is 0 Å². The van der Waals surface area contributed by atoms with Crippen LogP contribution in [0.4, 0.5) is 11.4 Å². The SMILES string of the molecule is N=C(c1ccc(C(=O)Nc2ccc(Cl)cc2C2(Nc3ccc(Cl)cc3)CO2)cc1)N1CCCC1. The first kappa shape index (κ1) is 22.7. The standard InChI is InChI=1S/C26H24Cl2N4O2/c27-19-7-10-21(11-8-19)31-26(16-34-26)22-15-20(28)9-12-23(22)30-25(33)18-5-3-17(4-6-18)24(29)32-13-1-2-14-32/h3-12,15,29,31H,1-2,13-14,16H2,(H,30,33). The molecule has 0 saturated carbocycles. The fourth-order valence-corrected chi connectivity index (χ4v) is 4.49. The van der Waals surface area contributed by atoms with Gasteiger partial charge in [0.05, 0.1) is 0 Å². The molecule has 0 aromatic heterocycles. The predicted molar refractivity (Wildman–Crippen MR) is 136 cm³/mol. The van der Waals surface area contributed by atoms with Crippen LogP contribution in [-0.2, 0) is 10.5 Å². The summed E-state index contributed by atoms with van der Waals surface area (Å²) in [6.07, 6.45) is 2.23. The van der Waals surface area contributed by atoms with Crippen molar-refractivity contribution in [3.05, 3.63) is 93.5 Å². The largest absolute Gasteiger partial charge is 0.357 e. The van der Waals surface area contributed by atoms with Crippen molar-refractivity contribution >= 4 is 46.3 Å². The van der Waals surface area contributed by atoms with E-state index in [2.05, 4.69) is 15.5 Å². The molecule has 3 aromatic carbocycles. The molecular weight excluding hydrogens is 471 g/mol. The molecule has 0 spiro atoms. The summed E-state index contributed by atoms with van der Waals surface area (Å²) < 4.78 is 5.81. The number of rotatable bonds is 6. The van der Waals surface area contributed by atoms with E-state index >= 15 is 0 Å². The lowest BCUT2D eigenvalue weighted by molar-refractivity contribution is 0.102. The third-order valence-electron chi connectivity index (χ3n) is 6.13. The number of ether oxygens (including phenoxy) is 1. The van der Waals surface area contributed by atoms with Crippen LogP contribution in [0.3, 0.4) is 0 Å². The van der Waals surface area contributed by atoms with Gasteiger partial charge in [0.25, 0.3) is 5.91 Å². The normalized spacial score (nSPS) is 19.1. The molecule has 8 heteroatoms. The lowest BCUT2D eigenvalue weighted by Gasteiger charge is -2.20. The number of hydrogen-bond donors (Lipinski definition) is 3. The summed E-state index contributed by atoms with van der Waals surface area (Å²) in [6, 6.07) is 19.8. The molecule has 2 heterocycles. The van der Waals surface area contributed by atoms with Gasteiger partial charge in [0.15, 0.2) is 5.72 Å². The van der Waals surface area contributed by atoms with Crippen LogP contribution in [0.5, 0.6) is 0 Å². The topological polar surface area (TPSA) is 80.8 Å². The maximum Gasteiger partial charge on any atom is 0.255 e. The van der Waals surface area contributed by atoms with E-state index < -0.39 is 5.72 Å². The highest BCUT2D eigenvalue weighted by atomic mass is 35.5. The van der Waals surface area contributed by atoms with E-state index in [4.69, 9.17) is 33.3 Å². The molecule has 34 heavy (non-hydrogen) atoms.